The molecule has 20 heavy (non-hydrogen) atoms. The second kappa shape index (κ2) is 7.63. The van der Waals surface area contributed by atoms with Crippen molar-refractivity contribution < 1.29 is 19.0 Å². The number of ether oxygens (including phenoxy) is 3. The molecule has 0 radical (unpaired) electrons. The molecule has 0 aliphatic heterocycles. The van der Waals surface area contributed by atoms with Gasteiger partial charge in [-0.15, -0.1) is 0 Å². The predicted octanol–water partition coefficient (Wildman–Crippen LogP) is 1.56. The van der Waals surface area contributed by atoms with Gasteiger partial charge in [0.25, 0.3) is 0 Å². The van der Waals surface area contributed by atoms with E-state index in [9.17, 15) is 4.79 Å². The van der Waals surface area contributed by atoms with Crippen LogP contribution in [0.25, 0.3) is 0 Å². The highest BCUT2D eigenvalue weighted by molar-refractivity contribution is 6.43. The Morgan fingerprint density at radius 3 is 2.70 bits per heavy atom. The quantitative estimate of drug-likeness (QED) is 0.482. The van der Waals surface area contributed by atoms with Crippen molar-refractivity contribution in [3.8, 4) is 17.6 Å². The highest BCUT2D eigenvalue weighted by Gasteiger charge is 2.12. The van der Waals surface area contributed by atoms with Gasteiger partial charge in [0.1, 0.15) is 23.3 Å². The molecule has 0 heterocycles. The van der Waals surface area contributed by atoms with Crippen LogP contribution in [0.15, 0.2) is 23.3 Å². The summed E-state index contributed by atoms with van der Waals surface area (Å²) in [4.78, 5) is 11.4. The topological polar surface area (TPSA) is 92.9 Å². The number of benzene rings is 1. The summed E-state index contributed by atoms with van der Waals surface area (Å²) in [5, 5.41) is 12.6. The zero-order valence-corrected chi connectivity index (χ0v) is 11.5. The van der Waals surface area contributed by atoms with Crippen LogP contribution in [-0.4, -0.2) is 32.5 Å². The van der Waals surface area contributed by atoms with Crippen LogP contribution in [0.2, 0.25) is 0 Å². The first-order valence-corrected chi connectivity index (χ1v) is 5.79. The van der Waals surface area contributed by atoms with Crippen molar-refractivity contribution in [1.82, 2.24) is 0 Å². The normalized spacial score (nSPS) is 10.4. The molecule has 0 amide bonds. The van der Waals surface area contributed by atoms with Crippen molar-refractivity contribution in [1.29, 1.82) is 5.26 Å². The Kier molecular flexibility index (Phi) is 5.84. The van der Waals surface area contributed by atoms with Crippen LogP contribution in [0.3, 0.4) is 0 Å². The first kappa shape index (κ1) is 15.3. The SMILES string of the molecule is CCOC(=O)/C(C#N)=N\Nc1cc(OC)ccc1OC. The lowest BCUT2D eigenvalue weighted by Gasteiger charge is -2.09. The highest BCUT2D eigenvalue weighted by atomic mass is 16.5. The maximum atomic E-state index is 11.4. The van der Waals surface area contributed by atoms with E-state index < -0.39 is 5.97 Å². The standard InChI is InChI=1S/C13H15N3O4/c1-4-20-13(17)11(8-14)16-15-10-7-9(18-2)5-6-12(10)19-3/h5-7,15H,4H2,1-3H3/b16-11-. The molecule has 0 bridgehead atoms. The van der Waals surface area contributed by atoms with Crippen LogP contribution in [-0.2, 0) is 9.53 Å². The van der Waals surface area contributed by atoms with E-state index >= 15 is 0 Å². The van der Waals surface area contributed by atoms with E-state index in [1.165, 1.54) is 14.2 Å². The van der Waals surface area contributed by atoms with Crippen LogP contribution in [0, 0.1) is 11.3 Å². The van der Waals surface area contributed by atoms with Gasteiger partial charge < -0.3 is 14.2 Å². The van der Waals surface area contributed by atoms with E-state index in [1.54, 1.807) is 31.2 Å². The molecular formula is C13H15N3O4. The Morgan fingerprint density at radius 2 is 2.15 bits per heavy atom. The molecule has 1 rings (SSSR count). The van der Waals surface area contributed by atoms with Gasteiger partial charge in [-0.05, 0) is 19.1 Å². The van der Waals surface area contributed by atoms with E-state index in [2.05, 4.69) is 10.5 Å². The number of nitrogens with one attached hydrogen (secondary N) is 1. The average Bonchev–Trinajstić information content (AvgIpc) is 2.47. The summed E-state index contributed by atoms with van der Waals surface area (Å²) in [6.45, 7) is 1.81. The highest BCUT2D eigenvalue weighted by Crippen LogP contribution is 2.28. The van der Waals surface area contributed by atoms with Crippen LogP contribution in [0.5, 0.6) is 11.5 Å². The number of nitrogens with zero attached hydrogens (tertiary/aromatic N) is 2. The third-order valence-corrected chi connectivity index (χ3v) is 2.27. The third kappa shape index (κ3) is 3.88. The number of anilines is 1. The Morgan fingerprint density at radius 1 is 1.40 bits per heavy atom. The molecular weight excluding hydrogens is 262 g/mol. The van der Waals surface area contributed by atoms with Gasteiger partial charge in [0.05, 0.1) is 20.8 Å². The fraction of sp³-hybridized carbons (Fsp3) is 0.308. The number of carbonyl (C=O) groups is 1. The van der Waals surface area contributed by atoms with Gasteiger partial charge in [-0.2, -0.15) is 10.4 Å². The minimum Gasteiger partial charge on any atom is -0.497 e. The zero-order chi connectivity index (χ0) is 15.0. The minimum absolute atomic E-state index is 0.169. The molecule has 106 valence electrons. The number of nitriles is 1. The Hall–Kier alpha value is -2.75. The number of methoxy groups -OCH3 is 2. The van der Waals surface area contributed by atoms with E-state index in [1.807, 2.05) is 0 Å². The van der Waals surface area contributed by atoms with Crippen LogP contribution in [0.1, 0.15) is 6.92 Å². The minimum atomic E-state index is -0.788. The van der Waals surface area contributed by atoms with Crippen molar-refractivity contribution in [2.24, 2.45) is 5.10 Å². The summed E-state index contributed by atoms with van der Waals surface area (Å²) in [5.74, 6) is 0.290. The Balaban J connectivity index is 2.97. The van der Waals surface area contributed by atoms with E-state index in [0.717, 1.165) is 0 Å². The maximum absolute atomic E-state index is 11.4. The number of hydrogen-bond acceptors (Lipinski definition) is 7. The molecule has 1 N–H and O–H groups in total. The lowest BCUT2D eigenvalue weighted by molar-refractivity contribution is -0.134. The smallest absolute Gasteiger partial charge is 0.369 e. The van der Waals surface area contributed by atoms with Gasteiger partial charge in [-0.1, -0.05) is 0 Å². The van der Waals surface area contributed by atoms with E-state index in [4.69, 9.17) is 19.5 Å². The van der Waals surface area contributed by atoms with Gasteiger partial charge in [-0.3, -0.25) is 5.43 Å². The fourth-order valence-electron chi connectivity index (χ4n) is 1.33. The van der Waals surface area contributed by atoms with Crippen molar-refractivity contribution >= 4 is 17.4 Å². The Bertz CT molecular complexity index is 549. The lowest BCUT2D eigenvalue weighted by atomic mass is 10.3. The molecule has 0 aromatic heterocycles. The molecule has 0 atom stereocenters. The average molecular weight is 277 g/mol. The van der Waals surface area contributed by atoms with E-state index in [-0.39, 0.29) is 12.3 Å². The molecule has 0 aliphatic carbocycles. The first-order valence-electron chi connectivity index (χ1n) is 5.79. The summed E-state index contributed by atoms with van der Waals surface area (Å²) < 4.78 is 14.9. The molecule has 7 nitrogen and oxygen atoms in total. The van der Waals surface area contributed by atoms with Gasteiger partial charge in [0.15, 0.2) is 0 Å². The predicted molar refractivity (Wildman–Crippen MR) is 72.8 cm³/mol. The van der Waals surface area contributed by atoms with Gasteiger partial charge in [0, 0.05) is 6.07 Å². The first-order chi connectivity index (χ1) is 9.65. The molecule has 0 saturated carbocycles. The van der Waals surface area contributed by atoms with Crippen molar-refractivity contribution in [2.75, 3.05) is 26.3 Å². The summed E-state index contributed by atoms with van der Waals surface area (Å²) in [6, 6.07) is 6.68. The summed E-state index contributed by atoms with van der Waals surface area (Å²) in [5.41, 5.74) is 2.67. The molecule has 0 saturated heterocycles. The number of hydrogen-bond donors (Lipinski definition) is 1. The van der Waals surface area contributed by atoms with Gasteiger partial charge in [0.2, 0.25) is 5.71 Å². The summed E-state index contributed by atoms with van der Waals surface area (Å²) in [6.07, 6.45) is 0. The van der Waals surface area contributed by atoms with Crippen molar-refractivity contribution in [2.45, 2.75) is 6.92 Å². The number of carbonyl (C=O) groups excluding carboxylic acids is 1. The molecule has 0 unspecified atom stereocenters. The second-order valence-electron chi connectivity index (χ2n) is 3.47. The molecule has 1 aromatic rings. The fourth-order valence-corrected chi connectivity index (χ4v) is 1.33. The third-order valence-electron chi connectivity index (χ3n) is 2.27. The van der Waals surface area contributed by atoms with E-state index in [0.29, 0.717) is 17.2 Å². The largest absolute Gasteiger partial charge is 0.497 e. The van der Waals surface area contributed by atoms with Crippen molar-refractivity contribution in [3.05, 3.63) is 18.2 Å². The number of hydrazone groups is 1. The number of rotatable bonds is 6. The van der Waals surface area contributed by atoms with Gasteiger partial charge >= 0.3 is 5.97 Å². The maximum Gasteiger partial charge on any atom is 0.369 e. The monoisotopic (exact) mass is 277 g/mol. The summed E-state index contributed by atoms with van der Waals surface area (Å²) >= 11 is 0. The second-order valence-corrected chi connectivity index (χ2v) is 3.47. The lowest BCUT2D eigenvalue weighted by Crippen LogP contribution is -2.17. The van der Waals surface area contributed by atoms with Crippen LogP contribution in [0.4, 0.5) is 5.69 Å². The van der Waals surface area contributed by atoms with Crippen LogP contribution >= 0.6 is 0 Å². The van der Waals surface area contributed by atoms with Gasteiger partial charge in [-0.25, -0.2) is 4.79 Å². The Labute approximate surface area is 116 Å². The molecule has 0 spiro atoms. The molecule has 0 fully saturated rings. The van der Waals surface area contributed by atoms with Crippen molar-refractivity contribution in [3.63, 3.8) is 0 Å². The number of esters is 1. The molecule has 1 aromatic carbocycles. The zero-order valence-electron chi connectivity index (χ0n) is 11.5. The summed E-state index contributed by atoms with van der Waals surface area (Å²) in [7, 11) is 3.02. The van der Waals surface area contributed by atoms with Crippen LogP contribution < -0.4 is 14.9 Å². The molecule has 7 heteroatoms. The molecule has 0 aliphatic rings.